The molecule has 2 aliphatic rings. The van der Waals surface area contributed by atoms with E-state index in [2.05, 4.69) is 13.8 Å². The van der Waals surface area contributed by atoms with Gasteiger partial charge in [0.05, 0.1) is 12.7 Å². The van der Waals surface area contributed by atoms with Gasteiger partial charge in [-0.2, -0.15) is 0 Å². The Morgan fingerprint density at radius 1 is 1.37 bits per heavy atom. The molecule has 1 aliphatic carbocycles. The smallest absolute Gasteiger partial charge is 0.167 e. The Balaban J connectivity index is 2.08. The second-order valence-corrected chi connectivity index (χ2v) is 5.64. The molecule has 1 aromatic rings. The Morgan fingerprint density at radius 3 is 2.89 bits per heavy atom. The van der Waals surface area contributed by atoms with Crippen molar-refractivity contribution in [3.05, 3.63) is 40.7 Å². The molecule has 0 radical (unpaired) electrons. The van der Waals surface area contributed by atoms with E-state index >= 15 is 0 Å². The molecule has 3 heteroatoms. The molecule has 0 aromatic heterocycles. The first-order chi connectivity index (χ1) is 9.08. The van der Waals surface area contributed by atoms with E-state index < -0.39 is 0 Å². The minimum absolute atomic E-state index is 0.0256. The first-order valence-corrected chi connectivity index (χ1v) is 6.72. The number of rotatable bonds is 1. The van der Waals surface area contributed by atoms with Crippen LogP contribution in [0.25, 0.3) is 5.57 Å². The van der Waals surface area contributed by atoms with Gasteiger partial charge in [-0.3, -0.25) is 4.79 Å². The molecule has 0 saturated carbocycles. The molecular formula is C16H17FO2. The molecule has 0 fully saturated rings. The van der Waals surface area contributed by atoms with Crippen LogP contribution in [0.1, 0.15) is 42.6 Å². The molecule has 2 nitrogen and oxygen atoms in total. The highest BCUT2D eigenvalue weighted by Gasteiger charge is 2.32. The van der Waals surface area contributed by atoms with Gasteiger partial charge < -0.3 is 4.74 Å². The summed E-state index contributed by atoms with van der Waals surface area (Å²) < 4.78 is 19.8. The Bertz CT molecular complexity index is 572. The van der Waals surface area contributed by atoms with Crippen molar-refractivity contribution in [2.45, 2.75) is 32.8 Å². The number of carbonyl (C=O) groups excluding carboxylic acids is 1. The fourth-order valence-corrected chi connectivity index (χ4v) is 2.93. The van der Waals surface area contributed by atoms with E-state index in [-0.39, 0.29) is 17.7 Å². The van der Waals surface area contributed by atoms with E-state index in [1.807, 2.05) is 0 Å². The van der Waals surface area contributed by atoms with Gasteiger partial charge in [-0.25, -0.2) is 4.39 Å². The van der Waals surface area contributed by atoms with Gasteiger partial charge in [-0.15, -0.1) is 0 Å². The topological polar surface area (TPSA) is 26.3 Å². The van der Waals surface area contributed by atoms with Crippen LogP contribution in [-0.4, -0.2) is 18.5 Å². The van der Waals surface area contributed by atoms with Crippen LogP contribution in [0.3, 0.4) is 0 Å². The van der Waals surface area contributed by atoms with Gasteiger partial charge in [-0.1, -0.05) is 31.6 Å². The lowest BCUT2D eigenvalue weighted by Crippen LogP contribution is -2.29. The van der Waals surface area contributed by atoms with Crippen molar-refractivity contribution in [3.63, 3.8) is 0 Å². The molecule has 1 aliphatic heterocycles. The highest BCUT2D eigenvalue weighted by Crippen LogP contribution is 2.39. The van der Waals surface area contributed by atoms with E-state index in [9.17, 15) is 9.18 Å². The van der Waals surface area contributed by atoms with Gasteiger partial charge in [0, 0.05) is 17.5 Å². The number of hydrogen-bond acceptors (Lipinski definition) is 2. The summed E-state index contributed by atoms with van der Waals surface area (Å²) in [5, 5.41) is 0. The van der Waals surface area contributed by atoms with E-state index in [4.69, 9.17) is 4.74 Å². The van der Waals surface area contributed by atoms with Gasteiger partial charge >= 0.3 is 0 Å². The van der Waals surface area contributed by atoms with Crippen molar-refractivity contribution in [1.29, 1.82) is 0 Å². The summed E-state index contributed by atoms with van der Waals surface area (Å²) in [6, 6.07) is 4.72. The van der Waals surface area contributed by atoms with Gasteiger partial charge in [0.1, 0.15) is 5.82 Å². The molecule has 0 N–H and O–H groups in total. The van der Waals surface area contributed by atoms with Gasteiger partial charge in [-0.05, 0) is 24.0 Å². The molecule has 100 valence electrons. The Kier molecular flexibility index (Phi) is 3.02. The summed E-state index contributed by atoms with van der Waals surface area (Å²) in [7, 11) is 0. The molecule has 1 atom stereocenters. The normalized spacial score (nSPS) is 22.5. The molecule has 3 rings (SSSR count). The lowest BCUT2D eigenvalue weighted by molar-refractivity contribution is 0.0349. The molecule has 1 unspecified atom stereocenters. The molecule has 0 bridgehead atoms. The number of hydrogen-bond donors (Lipinski definition) is 0. The third kappa shape index (κ3) is 2.02. The third-order valence-corrected chi connectivity index (χ3v) is 4.05. The quantitative estimate of drug-likeness (QED) is 0.771. The predicted molar refractivity (Wildman–Crippen MR) is 71.5 cm³/mol. The van der Waals surface area contributed by atoms with Gasteiger partial charge in [0.2, 0.25) is 0 Å². The summed E-state index contributed by atoms with van der Waals surface area (Å²) in [5.74, 6) is 0.119. The average Bonchev–Trinajstić information content (AvgIpc) is 2.38. The number of benzene rings is 1. The summed E-state index contributed by atoms with van der Waals surface area (Å²) in [6.07, 6.45) is 1.30. The van der Waals surface area contributed by atoms with E-state index in [0.29, 0.717) is 30.1 Å². The highest BCUT2D eigenvalue weighted by atomic mass is 19.1. The van der Waals surface area contributed by atoms with Crippen LogP contribution in [-0.2, 0) is 4.74 Å². The zero-order valence-electron chi connectivity index (χ0n) is 11.2. The SMILES string of the molecule is CC(C)C1CC2=C(CO1)c1c(F)cccc1C(=O)C2. The second-order valence-electron chi connectivity index (χ2n) is 5.64. The van der Waals surface area contributed by atoms with E-state index in [1.54, 1.807) is 12.1 Å². The number of carbonyl (C=O) groups is 1. The van der Waals surface area contributed by atoms with Crippen LogP contribution in [0.2, 0.25) is 0 Å². The highest BCUT2D eigenvalue weighted by molar-refractivity contribution is 6.06. The van der Waals surface area contributed by atoms with Crippen molar-refractivity contribution in [1.82, 2.24) is 0 Å². The first-order valence-electron chi connectivity index (χ1n) is 6.72. The van der Waals surface area contributed by atoms with Gasteiger partial charge in [0.15, 0.2) is 5.78 Å². The van der Waals surface area contributed by atoms with Crippen LogP contribution in [0.15, 0.2) is 23.8 Å². The van der Waals surface area contributed by atoms with Gasteiger partial charge in [0.25, 0.3) is 0 Å². The fourth-order valence-electron chi connectivity index (χ4n) is 2.93. The van der Waals surface area contributed by atoms with E-state index in [1.165, 1.54) is 6.07 Å². The van der Waals surface area contributed by atoms with Crippen LogP contribution in [0, 0.1) is 11.7 Å². The molecule has 1 aromatic carbocycles. The molecule has 0 amide bonds. The number of ether oxygens (including phenoxy) is 1. The average molecular weight is 260 g/mol. The van der Waals surface area contributed by atoms with Crippen LogP contribution in [0.5, 0.6) is 0 Å². The molecule has 19 heavy (non-hydrogen) atoms. The lowest BCUT2D eigenvalue weighted by atomic mass is 9.80. The van der Waals surface area contributed by atoms with Crippen molar-refractivity contribution in [2.24, 2.45) is 5.92 Å². The maximum atomic E-state index is 14.0. The largest absolute Gasteiger partial charge is 0.373 e. The van der Waals surface area contributed by atoms with Crippen molar-refractivity contribution < 1.29 is 13.9 Å². The monoisotopic (exact) mass is 260 g/mol. The Hall–Kier alpha value is -1.48. The minimum Gasteiger partial charge on any atom is -0.373 e. The van der Waals surface area contributed by atoms with Crippen LogP contribution in [0.4, 0.5) is 4.39 Å². The number of fused-ring (bicyclic) bond motifs is 2. The summed E-state index contributed by atoms with van der Waals surface area (Å²) >= 11 is 0. The number of ketones is 1. The molecule has 0 spiro atoms. The van der Waals surface area contributed by atoms with E-state index in [0.717, 1.165) is 17.6 Å². The summed E-state index contributed by atoms with van der Waals surface area (Å²) in [6.45, 7) is 4.63. The van der Waals surface area contributed by atoms with Crippen LogP contribution < -0.4 is 0 Å². The standard InChI is InChI=1S/C16H17FO2/c1-9(2)15-7-10-6-14(18)11-4-3-5-13(17)16(11)12(10)8-19-15/h3-5,9,15H,6-8H2,1-2H3. The molecular weight excluding hydrogens is 243 g/mol. The van der Waals surface area contributed by atoms with Crippen molar-refractivity contribution in [3.8, 4) is 0 Å². The zero-order valence-corrected chi connectivity index (χ0v) is 11.2. The second kappa shape index (κ2) is 4.57. The Labute approximate surface area is 112 Å². The number of halogens is 1. The van der Waals surface area contributed by atoms with Crippen LogP contribution >= 0.6 is 0 Å². The number of Topliss-reactive ketones (excluding diaryl/α,β-unsaturated/α-hetero) is 1. The fraction of sp³-hybridized carbons (Fsp3) is 0.438. The molecule has 0 saturated heterocycles. The van der Waals surface area contributed by atoms with Crippen molar-refractivity contribution in [2.75, 3.05) is 6.61 Å². The van der Waals surface area contributed by atoms with Crippen molar-refractivity contribution >= 4 is 11.4 Å². The third-order valence-electron chi connectivity index (χ3n) is 4.05. The lowest BCUT2D eigenvalue weighted by Gasteiger charge is -2.33. The minimum atomic E-state index is -0.315. The maximum Gasteiger partial charge on any atom is 0.167 e. The summed E-state index contributed by atoms with van der Waals surface area (Å²) in [4.78, 5) is 12.1. The maximum absolute atomic E-state index is 14.0. The Morgan fingerprint density at radius 2 is 2.16 bits per heavy atom. The predicted octanol–water partition coefficient (Wildman–Crippen LogP) is 3.61. The molecule has 1 heterocycles. The first kappa shape index (κ1) is 12.5. The zero-order chi connectivity index (χ0) is 13.6. The summed E-state index contributed by atoms with van der Waals surface area (Å²) in [5.41, 5.74) is 2.93.